The normalized spacial score (nSPS) is 16.5. The van der Waals surface area contributed by atoms with Gasteiger partial charge in [0.15, 0.2) is 5.78 Å². The third kappa shape index (κ3) is 2.84. The van der Waals surface area contributed by atoms with E-state index in [0.29, 0.717) is 22.2 Å². The molecule has 0 radical (unpaired) electrons. The Hall–Kier alpha value is -1.36. The number of aromatic nitrogens is 2. The average molecular weight is 324 g/mol. The zero-order chi connectivity index (χ0) is 15.0. The van der Waals surface area contributed by atoms with Crippen molar-refractivity contribution in [3.63, 3.8) is 0 Å². The lowest BCUT2D eigenvalue weighted by atomic mass is 10.0. The van der Waals surface area contributed by atoms with Gasteiger partial charge in [0.05, 0.1) is 17.6 Å². The van der Waals surface area contributed by atoms with Crippen molar-refractivity contribution in [2.45, 2.75) is 26.1 Å². The van der Waals surface area contributed by atoms with Crippen LogP contribution in [0.1, 0.15) is 23.1 Å². The molecule has 2 aromatic rings. The molecule has 0 bridgehead atoms. The molecule has 1 aromatic carbocycles. The van der Waals surface area contributed by atoms with Gasteiger partial charge >= 0.3 is 0 Å². The largest absolute Gasteiger partial charge is 0.333 e. The molecule has 2 heterocycles. The van der Waals surface area contributed by atoms with Crippen LogP contribution in [0.25, 0.3) is 0 Å². The predicted octanol–water partition coefficient (Wildman–Crippen LogP) is 3.28. The zero-order valence-electron chi connectivity index (χ0n) is 11.6. The number of carbonyl (C=O) groups excluding carboxylic acids is 1. The van der Waals surface area contributed by atoms with Crippen LogP contribution in [0.2, 0.25) is 10.0 Å². The minimum atomic E-state index is -0.242. The van der Waals surface area contributed by atoms with Gasteiger partial charge in [-0.1, -0.05) is 23.2 Å². The van der Waals surface area contributed by atoms with Crippen molar-refractivity contribution < 1.29 is 4.79 Å². The lowest BCUT2D eigenvalue weighted by molar-refractivity contribution is 0.0793. The highest BCUT2D eigenvalue weighted by Gasteiger charge is 2.27. The maximum Gasteiger partial charge on any atom is 0.181 e. The molecule has 1 aliphatic rings. The van der Waals surface area contributed by atoms with E-state index in [1.807, 2.05) is 13.1 Å². The lowest BCUT2D eigenvalue weighted by Crippen LogP contribution is -2.43. The molecule has 21 heavy (non-hydrogen) atoms. The van der Waals surface area contributed by atoms with E-state index in [1.165, 1.54) is 0 Å². The van der Waals surface area contributed by atoms with Crippen LogP contribution < -0.4 is 0 Å². The molecule has 3 rings (SSSR count). The van der Waals surface area contributed by atoms with Crippen LogP contribution in [-0.4, -0.2) is 32.8 Å². The van der Waals surface area contributed by atoms with Crippen molar-refractivity contribution in [2.75, 3.05) is 6.54 Å². The van der Waals surface area contributed by atoms with E-state index in [2.05, 4.69) is 14.5 Å². The van der Waals surface area contributed by atoms with Gasteiger partial charge in [0.1, 0.15) is 5.82 Å². The number of fused-ring (bicyclic) bond motifs is 1. The summed E-state index contributed by atoms with van der Waals surface area (Å²) in [6, 6.07) is 4.74. The Morgan fingerprint density at radius 2 is 2.14 bits per heavy atom. The molecule has 0 N–H and O–H groups in total. The fourth-order valence-electron chi connectivity index (χ4n) is 2.60. The van der Waals surface area contributed by atoms with E-state index in [-0.39, 0.29) is 11.8 Å². The fraction of sp³-hybridized carbons (Fsp3) is 0.333. The molecule has 0 amide bonds. The maximum atomic E-state index is 12.6. The van der Waals surface area contributed by atoms with Gasteiger partial charge < -0.3 is 4.57 Å². The molecule has 0 fully saturated rings. The number of benzene rings is 1. The first kappa shape index (κ1) is 14.6. The number of Topliss-reactive ketones (excluding diaryl/α,β-unsaturated/α-hetero) is 1. The van der Waals surface area contributed by atoms with Crippen LogP contribution in [0, 0.1) is 0 Å². The molecular formula is C15H15Cl2N3O. The Morgan fingerprint density at radius 3 is 2.90 bits per heavy atom. The molecule has 0 saturated carbocycles. The van der Waals surface area contributed by atoms with Crippen LogP contribution in [0.5, 0.6) is 0 Å². The Bertz CT molecular complexity index is 683. The van der Waals surface area contributed by atoms with Crippen LogP contribution in [0.4, 0.5) is 0 Å². The maximum absolute atomic E-state index is 12.6. The van der Waals surface area contributed by atoms with Crippen molar-refractivity contribution in [2.24, 2.45) is 0 Å². The number of nitrogens with zero attached hydrogens (tertiary/aromatic N) is 3. The predicted molar refractivity (Wildman–Crippen MR) is 82.9 cm³/mol. The molecule has 6 heteroatoms. The van der Waals surface area contributed by atoms with Crippen molar-refractivity contribution >= 4 is 29.0 Å². The summed E-state index contributed by atoms with van der Waals surface area (Å²) >= 11 is 12.0. The summed E-state index contributed by atoms with van der Waals surface area (Å²) in [4.78, 5) is 19.1. The minimum absolute atomic E-state index is 0.0108. The summed E-state index contributed by atoms with van der Waals surface area (Å²) in [5.41, 5.74) is 0.516. The Labute approximate surface area is 133 Å². The first-order chi connectivity index (χ1) is 10.1. The summed E-state index contributed by atoms with van der Waals surface area (Å²) in [5.74, 6) is 1.000. The van der Waals surface area contributed by atoms with Crippen molar-refractivity contribution in [1.82, 2.24) is 14.5 Å². The van der Waals surface area contributed by atoms with Gasteiger partial charge in [-0.3, -0.25) is 9.69 Å². The SMILES string of the molecule is CC(C(=O)c1ccc(Cl)cc1Cl)N1CCn2ccnc2C1. The highest BCUT2D eigenvalue weighted by atomic mass is 35.5. The fourth-order valence-corrected chi connectivity index (χ4v) is 3.10. The lowest BCUT2D eigenvalue weighted by Gasteiger charge is -2.32. The molecule has 1 aromatic heterocycles. The molecule has 110 valence electrons. The first-order valence-corrected chi connectivity index (χ1v) is 7.55. The smallest absolute Gasteiger partial charge is 0.181 e. The number of carbonyl (C=O) groups is 1. The first-order valence-electron chi connectivity index (χ1n) is 6.79. The van der Waals surface area contributed by atoms with Crippen LogP contribution in [-0.2, 0) is 13.1 Å². The summed E-state index contributed by atoms with van der Waals surface area (Å²) in [7, 11) is 0. The second-order valence-electron chi connectivity index (χ2n) is 5.17. The molecule has 0 spiro atoms. The third-order valence-electron chi connectivity index (χ3n) is 3.90. The van der Waals surface area contributed by atoms with E-state index in [4.69, 9.17) is 23.2 Å². The standard InChI is InChI=1S/C15H15Cl2N3O/c1-10(15(21)12-3-2-11(16)8-13(12)17)20-7-6-19-5-4-18-14(19)9-20/h2-5,8,10H,6-7,9H2,1H3. The number of halogens is 2. The van der Waals surface area contributed by atoms with Gasteiger partial charge in [-0.2, -0.15) is 0 Å². The van der Waals surface area contributed by atoms with Gasteiger partial charge in [0.2, 0.25) is 0 Å². The summed E-state index contributed by atoms with van der Waals surface area (Å²) in [6.07, 6.45) is 3.76. The number of imidazole rings is 1. The van der Waals surface area contributed by atoms with Crippen LogP contribution >= 0.6 is 23.2 Å². The van der Waals surface area contributed by atoms with E-state index in [9.17, 15) is 4.79 Å². The third-order valence-corrected chi connectivity index (χ3v) is 4.45. The van der Waals surface area contributed by atoms with Gasteiger partial charge in [-0.15, -0.1) is 0 Å². The monoisotopic (exact) mass is 323 g/mol. The van der Waals surface area contributed by atoms with Crippen molar-refractivity contribution in [3.05, 3.63) is 52.0 Å². The van der Waals surface area contributed by atoms with Crippen molar-refractivity contribution in [1.29, 1.82) is 0 Å². The Balaban J connectivity index is 1.79. The summed E-state index contributed by atoms with van der Waals surface area (Å²) in [6.45, 7) is 4.25. The number of hydrogen-bond acceptors (Lipinski definition) is 3. The van der Waals surface area contributed by atoms with E-state index < -0.39 is 0 Å². The number of rotatable bonds is 3. The topological polar surface area (TPSA) is 38.1 Å². The highest BCUT2D eigenvalue weighted by molar-refractivity contribution is 6.37. The van der Waals surface area contributed by atoms with Gasteiger partial charge in [0.25, 0.3) is 0 Å². The van der Waals surface area contributed by atoms with Crippen LogP contribution in [0.3, 0.4) is 0 Å². The van der Waals surface area contributed by atoms with Gasteiger partial charge in [-0.05, 0) is 25.1 Å². The van der Waals surface area contributed by atoms with E-state index >= 15 is 0 Å². The molecule has 1 atom stereocenters. The minimum Gasteiger partial charge on any atom is -0.333 e. The van der Waals surface area contributed by atoms with Crippen LogP contribution in [0.15, 0.2) is 30.6 Å². The summed E-state index contributed by atoms with van der Waals surface area (Å²) in [5, 5.41) is 0.932. The molecule has 4 nitrogen and oxygen atoms in total. The summed E-state index contributed by atoms with van der Waals surface area (Å²) < 4.78 is 2.11. The Kier molecular flexibility index (Phi) is 4.02. The van der Waals surface area contributed by atoms with Crippen molar-refractivity contribution in [3.8, 4) is 0 Å². The Morgan fingerprint density at radius 1 is 1.33 bits per heavy atom. The number of ketones is 1. The molecule has 1 unspecified atom stereocenters. The molecule has 1 aliphatic heterocycles. The highest BCUT2D eigenvalue weighted by Crippen LogP contribution is 2.24. The number of hydrogen-bond donors (Lipinski definition) is 0. The molecular weight excluding hydrogens is 309 g/mol. The van der Waals surface area contributed by atoms with Gasteiger partial charge in [-0.25, -0.2) is 4.98 Å². The second kappa shape index (κ2) is 5.79. The average Bonchev–Trinajstić information content (AvgIpc) is 2.93. The second-order valence-corrected chi connectivity index (χ2v) is 6.02. The quantitative estimate of drug-likeness (QED) is 0.813. The van der Waals surface area contributed by atoms with E-state index in [0.717, 1.165) is 18.9 Å². The van der Waals surface area contributed by atoms with E-state index in [1.54, 1.807) is 24.4 Å². The van der Waals surface area contributed by atoms with Gasteiger partial charge in [0, 0.05) is 36.1 Å². The molecule has 0 aliphatic carbocycles. The molecule has 0 saturated heterocycles. The zero-order valence-corrected chi connectivity index (χ0v) is 13.1.